The topological polar surface area (TPSA) is 92.7 Å². The second kappa shape index (κ2) is 7.11. The number of carbonyl (C=O) groups is 1. The smallest absolute Gasteiger partial charge is 0.321 e. The SMILES string of the molecule is COCCC(NS(=O)(=O)c1ccc(F)cc1Br)C(=O)O. The highest BCUT2D eigenvalue weighted by Gasteiger charge is 2.26. The average molecular weight is 370 g/mol. The molecule has 0 aliphatic rings. The van der Waals surface area contributed by atoms with Gasteiger partial charge < -0.3 is 9.84 Å². The number of hydrogen-bond acceptors (Lipinski definition) is 4. The molecule has 112 valence electrons. The summed E-state index contributed by atoms with van der Waals surface area (Å²) >= 11 is 2.93. The van der Waals surface area contributed by atoms with Crippen molar-refractivity contribution < 1.29 is 27.4 Å². The number of rotatable bonds is 7. The van der Waals surface area contributed by atoms with Crippen LogP contribution in [0.15, 0.2) is 27.6 Å². The monoisotopic (exact) mass is 369 g/mol. The van der Waals surface area contributed by atoms with E-state index in [1.807, 2.05) is 4.72 Å². The number of benzene rings is 1. The Hall–Kier alpha value is -1.03. The average Bonchev–Trinajstić information content (AvgIpc) is 2.33. The quantitative estimate of drug-likeness (QED) is 0.756. The van der Waals surface area contributed by atoms with Gasteiger partial charge in [0.2, 0.25) is 10.0 Å². The van der Waals surface area contributed by atoms with Crippen LogP contribution < -0.4 is 4.72 Å². The zero-order chi connectivity index (χ0) is 15.3. The van der Waals surface area contributed by atoms with Gasteiger partial charge in [-0.05, 0) is 40.5 Å². The molecule has 0 radical (unpaired) electrons. The highest BCUT2D eigenvalue weighted by atomic mass is 79.9. The molecule has 0 aromatic heterocycles. The second-order valence-corrected chi connectivity index (χ2v) is 6.41. The van der Waals surface area contributed by atoms with Crippen LogP contribution in [-0.4, -0.2) is 39.3 Å². The fourth-order valence-electron chi connectivity index (χ4n) is 1.41. The molecule has 0 aliphatic carbocycles. The van der Waals surface area contributed by atoms with Crippen LogP contribution in [0.3, 0.4) is 0 Å². The maximum atomic E-state index is 12.9. The number of ether oxygens (including phenoxy) is 1. The minimum atomic E-state index is -4.08. The first kappa shape index (κ1) is 17.0. The highest BCUT2D eigenvalue weighted by Crippen LogP contribution is 2.23. The fourth-order valence-corrected chi connectivity index (χ4v) is 3.69. The van der Waals surface area contributed by atoms with Crippen molar-refractivity contribution in [2.75, 3.05) is 13.7 Å². The van der Waals surface area contributed by atoms with Gasteiger partial charge in [0.25, 0.3) is 0 Å². The van der Waals surface area contributed by atoms with Crippen LogP contribution in [0.1, 0.15) is 6.42 Å². The van der Waals surface area contributed by atoms with Crippen molar-refractivity contribution in [2.45, 2.75) is 17.4 Å². The lowest BCUT2D eigenvalue weighted by Gasteiger charge is -2.15. The van der Waals surface area contributed by atoms with Crippen molar-refractivity contribution in [1.82, 2.24) is 4.72 Å². The summed E-state index contributed by atoms with van der Waals surface area (Å²) in [4.78, 5) is 10.8. The van der Waals surface area contributed by atoms with E-state index >= 15 is 0 Å². The van der Waals surface area contributed by atoms with Crippen LogP contribution in [0, 0.1) is 5.82 Å². The number of halogens is 2. The molecule has 1 unspecified atom stereocenters. The molecule has 1 aromatic rings. The van der Waals surface area contributed by atoms with Crippen molar-refractivity contribution in [1.29, 1.82) is 0 Å². The van der Waals surface area contributed by atoms with Gasteiger partial charge in [-0.3, -0.25) is 4.79 Å². The number of carboxylic acid groups (broad SMARTS) is 1. The molecule has 0 saturated carbocycles. The van der Waals surface area contributed by atoms with Crippen LogP contribution in [-0.2, 0) is 19.6 Å². The molecule has 1 atom stereocenters. The van der Waals surface area contributed by atoms with Crippen molar-refractivity contribution >= 4 is 31.9 Å². The number of aliphatic carboxylic acids is 1. The van der Waals surface area contributed by atoms with E-state index < -0.39 is 27.9 Å². The molecule has 6 nitrogen and oxygen atoms in total. The molecule has 0 heterocycles. The normalized spacial score (nSPS) is 13.2. The number of hydrogen-bond donors (Lipinski definition) is 2. The lowest BCUT2D eigenvalue weighted by Crippen LogP contribution is -2.41. The van der Waals surface area contributed by atoms with Gasteiger partial charge in [-0.1, -0.05) is 0 Å². The molecular weight excluding hydrogens is 357 g/mol. The summed E-state index contributed by atoms with van der Waals surface area (Å²) in [5.74, 6) is -1.92. The molecule has 0 saturated heterocycles. The van der Waals surface area contributed by atoms with Gasteiger partial charge in [-0.15, -0.1) is 0 Å². The van der Waals surface area contributed by atoms with E-state index in [2.05, 4.69) is 15.9 Å². The summed E-state index contributed by atoms with van der Waals surface area (Å²) in [7, 11) is -2.70. The Labute approximate surface area is 124 Å². The first-order chi connectivity index (χ1) is 9.27. The lowest BCUT2D eigenvalue weighted by atomic mass is 10.2. The third-order valence-corrected chi connectivity index (χ3v) is 4.84. The van der Waals surface area contributed by atoms with Crippen molar-refractivity contribution in [2.24, 2.45) is 0 Å². The number of carboxylic acids is 1. The van der Waals surface area contributed by atoms with Crippen LogP contribution >= 0.6 is 15.9 Å². The van der Waals surface area contributed by atoms with Gasteiger partial charge >= 0.3 is 5.97 Å². The summed E-state index contributed by atoms with van der Waals surface area (Å²) in [6.45, 7) is 0.0874. The molecule has 0 amide bonds. The predicted octanol–water partition coefficient (Wildman–Crippen LogP) is 1.36. The van der Waals surface area contributed by atoms with Gasteiger partial charge in [0.15, 0.2) is 0 Å². The van der Waals surface area contributed by atoms with Crippen LogP contribution in [0.25, 0.3) is 0 Å². The molecule has 0 bridgehead atoms. The van der Waals surface area contributed by atoms with Crippen LogP contribution in [0.4, 0.5) is 4.39 Å². The van der Waals surface area contributed by atoms with Gasteiger partial charge in [-0.2, -0.15) is 4.72 Å². The van der Waals surface area contributed by atoms with E-state index in [0.717, 1.165) is 18.2 Å². The molecule has 0 spiro atoms. The first-order valence-corrected chi connectivity index (χ1v) is 7.74. The van der Waals surface area contributed by atoms with E-state index in [1.54, 1.807) is 0 Å². The van der Waals surface area contributed by atoms with Crippen molar-refractivity contribution in [3.8, 4) is 0 Å². The second-order valence-electron chi connectivity index (χ2n) is 3.87. The minimum Gasteiger partial charge on any atom is -0.480 e. The zero-order valence-corrected chi connectivity index (χ0v) is 12.9. The third kappa shape index (κ3) is 4.51. The third-order valence-electron chi connectivity index (χ3n) is 2.39. The van der Waals surface area contributed by atoms with Crippen molar-refractivity contribution in [3.05, 3.63) is 28.5 Å². The molecule has 1 rings (SSSR count). The first-order valence-electron chi connectivity index (χ1n) is 5.47. The molecular formula is C11H13BrFNO5S. The maximum Gasteiger partial charge on any atom is 0.321 e. The zero-order valence-electron chi connectivity index (χ0n) is 10.5. The van der Waals surface area contributed by atoms with E-state index in [1.165, 1.54) is 7.11 Å². The fraction of sp³-hybridized carbons (Fsp3) is 0.364. The molecule has 1 aromatic carbocycles. The Morgan fingerprint density at radius 2 is 2.20 bits per heavy atom. The van der Waals surface area contributed by atoms with E-state index in [-0.39, 0.29) is 22.4 Å². The Morgan fingerprint density at radius 1 is 1.55 bits per heavy atom. The lowest BCUT2D eigenvalue weighted by molar-refractivity contribution is -0.139. The largest absolute Gasteiger partial charge is 0.480 e. The van der Waals surface area contributed by atoms with Crippen LogP contribution in [0.2, 0.25) is 0 Å². The molecule has 20 heavy (non-hydrogen) atoms. The Morgan fingerprint density at radius 3 is 2.70 bits per heavy atom. The maximum absolute atomic E-state index is 12.9. The van der Waals surface area contributed by atoms with E-state index in [9.17, 15) is 17.6 Å². The highest BCUT2D eigenvalue weighted by molar-refractivity contribution is 9.10. The standard InChI is InChI=1S/C11H13BrFNO5S/c1-19-5-4-9(11(15)16)14-20(17,18)10-3-2-7(13)6-8(10)12/h2-3,6,9,14H,4-5H2,1H3,(H,15,16). The summed E-state index contributed by atoms with van der Waals surface area (Å²) in [6.07, 6.45) is -0.0239. The number of methoxy groups -OCH3 is 1. The van der Waals surface area contributed by atoms with Gasteiger partial charge in [0, 0.05) is 18.2 Å². The molecule has 9 heteroatoms. The summed E-state index contributed by atoms with van der Waals surface area (Å²) in [5.41, 5.74) is 0. The van der Waals surface area contributed by atoms with E-state index in [4.69, 9.17) is 9.84 Å². The summed E-state index contributed by atoms with van der Waals surface area (Å²) in [5, 5.41) is 8.97. The number of sulfonamides is 1. The van der Waals surface area contributed by atoms with Crippen LogP contribution in [0.5, 0.6) is 0 Å². The summed E-state index contributed by atoms with van der Waals surface area (Å²) in [6, 6.07) is 1.69. The van der Waals surface area contributed by atoms with E-state index in [0.29, 0.717) is 0 Å². The summed E-state index contributed by atoms with van der Waals surface area (Å²) < 4.78 is 43.9. The molecule has 2 N–H and O–H groups in total. The Bertz CT molecular complexity index is 592. The molecule has 0 fully saturated rings. The van der Waals surface area contributed by atoms with Gasteiger partial charge in [0.1, 0.15) is 11.9 Å². The van der Waals surface area contributed by atoms with Gasteiger partial charge in [-0.25, -0.2) is 12.8 Å². The predicted molar refractivity (Wildman–Crippen MR) is 72.3 cm³/mol. The van der Waals surface area contributed by atoms with Crippen molar-refractivity contribution in [3.63, 3.8) is 0 Å². The Balaban J connectivity index is 3.00. The molecule has 0 aliphatic heterocycles. The minimum absolute atomic E-state index is 0.0147. The number of nitrogens with one attached hydrogen (secondary N) is 1. The Kier molecular flexibility index (Phi) is 6.06. The van der Waals surface area contributed by atoms with Gasteiger partial charge in [0.05, 0.1) is 4.90 Å².